The number of anilines is 1. The molecule has 1 fully saturated rings. The van der Waals surface area contributed by atoms with E-state index < -0.39 is 5.23 Å². The summed E-state index contributed by atoms with van der Waals surface area (Å²) in [5, 5.41) is 21.9. The zero-order chi connectivity index (χ0) is 15.1. The van der Waals surface area contributed by atoms with Crippen molar-refractivity contribution in [3.63, 3.8) is 0 Å². The second kappa shape index (κ2) is 8.31. The van der Waals surface area contributed by atoms with E-state index in [0.717, 1.165) is 30.8 Å². The van der Waals surface area contributed by atoms with E-state index in [1.54, 1.807) is 0 Å². The van der Waals surface area contributed by atoms with Gasteiger partial charge in [-0.2, -0.15) is 0 Å². The van der Waals surface area contributed by atoms with Crippen LogP contribution in [-0.4, -0.2) is 61.3 Å². The van der Waals surface area contributed by atoms with Gasteiger partial charge in [-0.05, 0) is 32.1 Å². The standard InChI is InChI=1S/C15H26N4O2/c1-17-9-11-18(12-10-17)8-2-7-16-15-5-3-14(4-6-15)13-19(20)21/h3-6,16,19-20H,2,7-13H2,1H3. The number of hydrogen-bond acceptors (Lipinski definition) is 5. The van der Waals surface area contributed by atoms with Crippen LogP contribution in [0.5, 0.6) is 0 Å². The number of nitrogens with zero attached hydrogens (tertiary/aromatic N) is 2. The highest BCUT2D eigenvalue weighted by Crippen LogP contribution is 2.09. The van der Waals surface area contributed by atoms with Crippen molar-refractivity contribution in [1.82, 2.24) is 9.80 Å². The van der Waals surface area contributed by atoms with Crippen molar-refractivity contribution in [2.24, 2.45) is 0 Å². The third kappa shape index (κ3) is 5.99. The van der Waals surface area contributed by atoms with Gasteiger partial charge in [0.2, 0.25) is 0 Å². The van der Waals surface area contributed by atoms with E-state index in [9.17, 15) is 5.21 Å². The van der Waals surface area contributed by atoms with Gasteiger partial charge in [0.05, 0.1) is 0 Å². The molecule has 3 N–H and O–H groups in total. The van der Waals surface area contributed by atoms with Gasteiger partial charge in [0.25, 0.3) is 0 Å². The van der Waals surface area contributed by atoms with Crippen molar-refractivity contribution < 1.29 is 10.4 Å². The minimum Gasteiger partial charge on any atom is -0.600 e. The quantitative estimate of drug-likeness (QED) is 0.488. The average molecular weight is 294 g/mol. The number of hydrogen-bond donors (Lipinski definition) is 3. The highest BCUT2D eigenvalue weighted by Gasteiger charge is 2.12. The van der Waals surface area contributed by atoms with Crippen LogP contribution in [0.2, 0.25) is 0 Å². The lowest BCUT2D eigenvalue weighted by Crippen LogP contribution is -3.03. The molecule has 1 aromatic rings. The number of piperazine rings is 1. The van der Waals surface area contributed by atoms with Crippen LogP contribution in [0.1, 0.15) is 12.0 Å². The van der Waals surface area contributed by atoms with Crippen molar-refractivity contribution >= 4 is 5.69 Å². The molecule has 2 rings (SSSR count). The highest BCUT2D eigenvalue weighted by molar-refractivity contribution is 5.44. The Labute approximate surface area is 126 Å². The molecule has 6 nitrogen and oxygen atoms in total. The van der Waals surface area contributed by atoms with E-state index >= 15 is 0 Å². The maximum absolute atomic E-state index is 10.6. The molecular formula is C15H26N4O2. The van der Waals surface area contributed by atoms with Crippen molar-refractivity contribution in [2.75, 3.05) is 51.6 Å². The maximum Gasteiger partial charge on any atom is 0.132 e. The summed E-state index contributed by atoms with van der Waals surface area (Å²) in [6, 6.07) is 7.65. The largest absolute Gasteiger partial charge is 0.600 e. The molecule has 0 radical (unpaired) electrons. The van der Waals surface area contributed by atoms with Gasteiger partial charge in [0, 0.05) is 44.0 Å². The maximum atomic E-state index is 10.6. The van der Waals surface area contributed by atoms with Gasteiger partial charge in [-0.1, -0.05) is 12.1 Å². The molecule has 0 aromatic heterocycles. The predicted molar refractivity (Wildman–Crippen MR) is 83.3 cm³/mol. The molecule has 1 aliphatic heterocycles. The summed E-state index contributed by atoms with van der Waals surface area (Å²) in [7, 11) is 2.17. The molecule has 0 aliphatic carbocycles. The number of hydroxylamine groups is 2. The zero-order valence-electron chi connectivity index (χ0n) is 12.7. The molecular weight excluding hydrogens is 268 g/mol. The van der Waals surface area contributed by atoms with E-state index in [0.29, 0.717) is 0 Å². The van der Waals surface area contributed by atoms with Gasteiger partial charge in [-0.25, -0.2) is 10.4 Å². The van der Waals surface area contributed by atoms with Crippen LogP contribution in [0.4, 0.5) is 5.69 Å². The van der Waals surface area contributed by atoms with Crippen LogP contribution >= 0.6 is 0 Å². The summed E-state index contributed by atoms with van der Waals surface area (Å²) in [4.78, 5) is 4.88. The summed E-state index contributed by atoms with van der Waals surface area (Å²) in [5.74, 6) is 0. The molecule has 0 saturated carbocycles. The summed E-state index contributed by atoms with van der Waals surface area (Å²) in [5.41, 5.74) is 1.90. The molecule has 0 amide bonds. The Morgan fingerprint density at radius 1 is 1.19 bits per heavy atom. The van der Waals surface area contributed by atoms with Gasteiger partial charge in [0.15, 0.2) is 0 Å². The van der Waals surface area contributed by atoms with Crippen molar-refractivity contribution in [3.05, 3.63) is 35.0 Å². The Balaban J connectivity index is 1.62. The predicted octanol–water partition coefficient (Wildman–Crippen LogP) is 0.00790. The smallest absolute Gasteiger partial charge is 0.132 e. The van der Waals surface area contributed by atoms with Crippen LogP contribution in [0.25, 0.3) is 0 Å². The topological polar surface area (TPSA) is 66.2 Å². The Morgan fingerprint density at radius 3 is 2.48 bits per heavy atom. The van der Waals surface area contributed by atoms with E-state index in [2.05, 4.69) is 22.2 Å². The zero-order valence-corrected chi connectivity index (χ0v) is 12.7. The highest BCUT2D eigenvalue weighted by atomic mass is 16.8. The number of rotatable bonds is 7. The molecule has 0 spiro atoms. The minimum absolute atomic E-state index is 0.0870. The number of quaternary nitrogens is 1. The molecule has 1 heterocycles. The van der Waals surface area contributed by atoms with Crippen LogP contribution in [0.3, 0.4) is 0 Å². The fourth-order valence-electron chi connectivity index (χ4n) is 2.52. The lowest BCUT2D eigenvalue weighted by molar-refractivity contribution is -1.06. The average Bonchev–Trinajstić information content (AvgIpc) is 2.46. The van der Waals surface area contributed by atoms with Crippen LogP contribution < -0.4 is 10.5 Å². The summed E-state index contributed by atoms with van der Waals surface area (Å²) >= 11 is 0. The summed E-state index contributed by atoms with van der Waals surface area (Å²) in [6.07, 6.45) is 1.13. The monoisotopic (exact) mass is 294 g/mol. The van der Waals surface area contributed by atoms with Crippen molar-refractivity contribution in [1.29, 1.82) is 0 Å². The number of benzene rings is 1. The first-order valence-corrected chi connectivity index (χ1v) is 7.59. The number of nitrogens with one attached hydrogen (secondary N) is 2. The van der Waals surface area contributed by atoms with Gasteiger partial charge < -0.3 is 20.3 Å². The summed E-state index contributed by atoms with van der Waals surface area (Å²) < 4.78 is 0. The normalized spacial score (nSPS) is 18.6. The third-order valence-corrected chi connectivity index (χ3v) is 3.89. The van der Waals surface area contributed by atoms with Crippen LogP contribution in [0, 0.1) is 5.21 Å². The number of likely N-dealkylation sites (N-methyl/N-ethyl adjacent to an activating group) is 1. The molecule has 6 heteroatoms. The summed E-state index contributed by atoms with van der Waals surface area (Å²) in [6.45, 7) is 6.84. The van der Waals surface area contributed by atoms with Crippen LogP contribution in [0.15, 0.2) is 24.3 Å². The Morgan fingerprint density at radius 2 is 1.86 bits per heavy atom. The second-order valence-corrected chi connectivity index (χ2v) is 5.69. The lowest BCUT2D eigenvalue weighted by atomic mass is 10.2. The lowest BCUT2D eigenvalue weighted by Gasteiger charge is -2.32. The van der Waals surface area contributed by atoms with Crippen molar-refractivity contribution in [3.8, 4) is 0 Å². The Kier molecular flexibility index (Phi) is 6.41. The molecule has 1 aromatic carbocycles. The second-order valence-electron chi connectivity index (χ2n) is 5.69. The van der Waals surface area contributed by atoms with Gasteiger partial charge >= 0.3 is 0 Å². The molecule has 0 bridgehead atoms. The first-order chi connectivity index (χ1) is 10.1. The first kappa shape index (κ1) is 16.2. The molecule has 1 saturated heterocycles. The molecule has 118 valence electrons. The van der Waals surface area contributed by atoms with E-state index in [1.807, 2.05) is 24.3 Å². The first-order valence-electron chi connectivity index (χ1n) is 7.59. The van der Waals surface area contributed by atoms with Gasteiger partial charge in [-0.15, -0.1) is 0 Å². The molecule has 1 aliphatic rings. The van der Waals surface area contributed by atoms with Crippen LogP contribution in [-0.2, 0) is 6.54 Å². The fraction of sp³-hybridized carbons (Fsp3) is 0.600. The van der Waals surface area contributed by atoms with Gasteiger partial charge in [0.1, 0.15) is 6.54 Å². The molecule has 1 unspecified atom stereocenters. The SMILES string of the molecule is CN1CCN(CCCNc2ccc(C[NH+]([O-])O)cc2)CC1. The minimum atomic E-state index is -0.789. The Hall–Kier alpha value is -1.18. The van der Waals surface area contributed by atoms with Crippen molar-refractivity contribution in [2.45, 2.75) is 13.0 Å². The molecule has 21 heavy (non-hydrogen) atoms. The Bertz CT molecular complexity index is 403. The van der Waals surface area contributed by atoms with E-state index in [4.69, 9.17) is 5.21 Å². The van der Waals surface area contributed by atoms with E-state index in [-0.39, 0.29) is 6.54 Å². The van der Waals surface area contributed by atoms with E-state index in [1.165, 1.54) is 26.2 Å². The third-order valence-electron chi connectivity index (χ3n) is 3.89. The molecule has 1 atom stereocenters. The fourth-order valence-corrected chi connectivity index (χ4v) is 2.52. The van der Waals surface area contributed by atoms with Gasteiger partial charge in [-0.3, -0.25) is 0 Å².